The van der Waals surface area contributed by atoms with Crippen molar-refractivity contribution in [3.05, 3.63) is 29.1 Å². The Hall–Kier alpha value is -2.68. The zero-order valence-corrected chi connectivity index (χ0v) is 20.5. The molecule has 0 aromatic carbocycles. The summed E-state index contributed by atoms with van der Waals surface area (Å²) in [6, 6.07) is 3.35. The van der Waals surface area contributed by atoms with Crippen LogP contribution in [0.25, 0.3) is 0 Å². The molecule has 2 amide bonds. The van der Waals surface area contributed by atoms with E-state index >= 15 is 0 Å². The van der Waals surface area contributed by atoms with Crippen LogP contribution in [0.5, 0.6) is 0 Å². The standard InChI is InChI=1S/C26H37N3O6/c1-17(30)29-12-10-21(16-29)35-26(33)28-24(25(31)32)11-13-34-22-14-18(15-22)6-8-20-9-7-19-4-2-3-5-23(19)27-20/h7,9,18,21-22,24H,2-6,8,10-16H2,1H3,(H,28,33)(H,31,32). The molecule has 4 rings (SSSR count). The molecule has 3 aliphatic rings. The van der Waals surface area contributed by atoms with Gasteiger partial charge in [-0.3, -0.25) is 9.78 Å². The summed E-state index contributed by atoms with van der Waals surface area (Å²) in [6.07, 6.45) is 8.51. The first-order valence-electron chi connectivity index (χ1n) is 12.9. The number of hydrogen-bond acceptors (Lipinski definition) is 6. The van der Waals surface area contributed by atoms with Gasteiger partial charge in [-0.2, -0.15) is 0 Å². The maximum atomic E-state index is 12.1. The number of nitrogens with one attached hydrogen (secondary N) is 1. The Balaban J connectivity index is 1.10. The van der Waals surface area contributed by atoms with Crippen LogP contribution in [0.3, 0.4) is 0 Å². The molecule has 2 fully saturated rings. The largest absolute Gasteiger partial charge is 0.480 e. The average molecular weight is 488 g/mol. The van der Waals surface area contributed by atoms with Crippen molar-refractivity contribution < 1.29 is 29.0 Å². The molecule has 0 bridgehead atoms. The van der Waals surface area contributed by atoms with Gasteiger partial charge in [0.25, 0.3) is 0 Å². The molecule has 2 atom stereocenters. The van der Waals surface area contributed by atoms with E-state index in [1.165, 1.54) is 36.7 Å². The molecule has 35 heavy (non-hydrogen) atoms. The molecule has 0 radical (unpaired) electrons. The van der Waals surface area contributed by atoms with E-state index in [0.29, 0.717) is 25.4 Å². The van der Waals surface area contributed by atoms with E-state index in [4.69, 9.17) is 14.5 Å². The number of alkyl carbamates (subject to hydrolysis) is 1. The number of carbonyl (C=O) groups is 3. The predicted octanol–water partition coefficient (Wildman–Crippen LogP) is 2.88. The molecule has 2 N–H and O–H groups in total. The number of pyridine rings is 1. The summed E-state index contributed by atoms with van der Waals surface area (Å²) in [6.45, 7) is 2.62. The summed E-state index contributed by atoms with van der Waals surface area (Å²) in [5.74, 6) is -0.570. The van der Waals surface area contributed by atoms with Crippen molar-refractivity contribution in [3.8, 4) is 0 Å². The Bertz CT molecular complexity index is 916. The molecule has 1 saturated carbocycles. The van der Waals surface area contributed by atoms with Crippen LogP contribution in [0.4, 0.5) is 4.79 Å². The van der Waals surface area contributed by atoms with Crippen molar-refractivity contribution in [1.29, 1.82) is 0 Å². The quantitative estimate of drug-likeness (QED) is 0.521. The number of carbonyl (C=O) groups excluding carboxylic acids is 2. The van der Waals surface area contributed by atoms with Crippen LogP contribution in [0.1, 0.15) is 68.8 Å². The molecule has 192 valence electrons. The number of fused-ring (bicyclic) bond motifs is 1. The molecule has 9 heteroatoms. The molecule has 2 heterocycles. The van der Waals surface area contributed by atoms with Gasteiger partial charge in [-0.25, -0.2) is 9.59 Å². The summed E-state index contributed by atoms with van der Waals surface area (Å²) in [7, 11) is 0. The van der Waals surface area contributed by atoms with Crippen LogP contribution < -0.4 is 5.32 Å². The lowest BCUT2D eigenvalue weighted by Crippen LogP contribution is -2.43. The van der Waals surface area contributed by atoms with E-state index in [-0.39, 0.29) is 25.0 Å². The first kappa shape index (κ1) is 25.4. The number of hydrogen-bond donors (Lipinski definition) is 2. The van der Waals surface area contributed by atoms with E-state index in [9.17, 15) is 19.5 Å². The number of carboxylic acids is 1. The van der Waals surface area contributed by atoms with Crippen LogP contribution in [0.15, 0.2) is 12.1 Å². The van der Waals surface area contributed by atoms with Gasteiger partial charge in [0.15, 0.2) is 0 Å². The van der Waals surface area contributed by atoms with E-state index in [2.05, 4.69) is 17.4 Å². The topological polar surface area (TPSA) is 118 Å². The molecule has 2 aliphatic carbocycles. The van der Waals surface area contributed by atoms with Crippen LogP contribution >= 0.6 is 0 Å². The van der Waals surface area contributed by atoms with Crippen molar-refractivity contribution in [3.63, 3.8) is 0 Å². The summed E-state index contributed by atoms with van der Waals surface area (Å²) < 4.78 is 11.1. The fourth-order valence-corrected chi connectivity index (χ4v) is 5.21. The highest BCUT2D eigenvalue weighted by molar-refractivity contribution is 5.80. The van der Waals surface area contributed by atoms with Crippen LogP contribution in [0, 0.1) is 5.92 Å². The number of ether oxygens (including phenoxy) is 2. The van der Waals surface area contributed by atoms with Gasteiger partial charge in [0.05, 0.1) is 12.6 Å². The number of amides is 2. The Morgan fingerprint density at radius 1 is 1.20 bits per heavy atom. The van der Waals surface area contributed by atoms with E-state index in [1.807, 2.05) is 0 Å². The van der Waals surface area contributed by atoms with Crippen molar-refractivity contribution in [1.82, 2.24) is 15.2 Å². The van der Waals surface area contributed by atoms with Crippen LogP contribution in [0.2, 0.25) is 0 Å². The van der Waals surface area contributed by atoms with Gasteiger partial charge in [-0.05, 0) is 68.9 Å². The number of rotatable bonds is 10. The molecule has 0 spiro atoms. The highest BCUT2D eigenvalue weighted by atomic mass is 16.6. The van der Waals surface area contributed by atoms with Gasteiger partial charge in [-0.15, -0.1) is 0 Å². The van der Waals surface area contributed by atoms with Gasteiger partial charge in [0.2, 0.25) is 5.91 Å². The lowest BCUT2D eigenvalue weighted by atomic mass is 9.79. The van der Waals surface area contributed by atoms with Gasteiger partial charge < -0.3 is 24.8 Å². The minimum atomic E-state index is -1.12. The summed E-state index contributed by atoms with van der Waals surface area (Å²) in [4.78, 5) is 41.5. The number of aliphatic carboxylic acids is 1. The van der Waals surface area contributed by atoms with Crippen molar-refractivity contribution in [2.24, 2.45) is 5.92 Å². The monoisotopic (exact) mass is 487 g/mol. The summed E-state index contributed by atoms with van der Waals surface area (Å²) in [5.41, 5.74) is 3.89. The van der Waals surface area contributed by atoms with Crippen LogP contribution in [-0.2, 0) is 38.3 Å². The Kier molecular flexibility index (Phi) is 8.59. The smallest absolute Gasteiger partial charge is 0.408 e. The first-order chi connectivity index (χ1) is 16.9. The zero-order chi connectivity index (χ0) is 24.8. The number of likely N-dealkylation sites (tertiary alicyclic amines) is 1. The lowest BCUT2D eigenvalue weighted by Gasteiger charge is -2.35. The maximum Gasteiger partial charge on any atom is 0.408 e. The Morgan fingerprint density at radius 3 is 2.74 bits per heavy atom. The summed E-state index contributed by atoms with van der Waals surface area (Å²) in [5, 5.41) is 11.9. The van der Waals surface area contributed by atoms with Crippen LogP contribution in [-0.4, -0.2) is 70.9 Å². The third-order valence-electron chi connectivity index (χ3n) is 7.45. The minimum Gasteiger partial charge on any atom is -0.480 e. The second kappa shape index (κ2) is 11.8. The zero-order valence-electron chi connectivity index (χ0n) is 20.5. The second-order valence-electron chi connectivity index (χ2n) is 10.1. The van der Waals surface area contributed by atoms with Crippen molar-refractivity contribution in [2.75, 3.05) is 19.7 Å². The van der Waals surface area contributed by atoms with Gasteiger partial charge in [0.1, 0.15) is 12.1 Å². The third kappa shape index (κ3) is 7.16. The van der Waals surface area contributed by atoms with Gasteiger partial charge in [-0.1, -0.05) is 6.07 Å². The molecule has 1 saturated heterocycles. The first-order valence-corrected chi connectivity index (χ1v) is 12.9. The number of aryl methyl sites for hydroxylation is 3. The fourth-order valence-electron chi connectivity index (χ4n) is 5.21. The van der Waals surface area contributed by atoms with Gasteiger partial charge in [0, 0.05) is 44.3 Å². The van der Waals surface area contributed by atoms with Crippen molar-refractivity contribution >= 4 is 18.0 Å². The third-order valence-corrected chi connectivity index (χ3v) is 7.45. The number of carboxylic acid groups (broad SMARTS) is 1. The average Bonchev–Trinajstić information content (AvgIpc) is 3.27. The molecule has 1 aromatic rings. The Morgan fingerprint density at radius 2 is 2.00 bits per heavy atom. The van der Waals surface area contributed by atoms with E-state index < -0.39 is 24.2 Å². The molecule has 1 aromatic heterocycles. The highest BCUT2D eigenvalue weighted by Crippen LogP contribution is 2.34. The number of nitrogens with zero attached hydrogens (tertiary/aromatic N) is 2. The Labute approximate surface area is 206 Å². The predicted molar refractivity (Wildman–Crippen MR) is 128 cm³/mol. The SMILES string of the molecule is CC(=O)N1CCC(OC(=O)NC(CCOC2CC(CCc3ccc4c(n3)CCCC4)C2)C(=O)O)C1. The number of aromatic nitrogens is 1. The highest BCUT2D eigenvalue weighted by Gasteiger charge is 2.31. The van der Waals surface area contributed by atoms with E-state index in [1.54, 1.807) is 4.90 Å². The molecular formula is C26H37N3O6. The van der Waals surface area contributed by atoms with Gasteiger partial charge >= 0.3 is 12.1 Å². The second-order valence-corrected chi connectivity index (χ2v) is 10.1. The molecule has 1 aliphatic heterocycles. The fraction of sp³-hybridized carbons (Fsp3) is 0.692. The molecule has 9 nitrogen and oxygen atoms in total. The van der Waals surface area contributed by atoms with Crippen molar-refractivity contribution in [2.45, 2.75) is 89.4 Å². The van der Waals surface area contributed by atoms with E-state index in [0.717, 1.165) is 38.5 Å². The minimum absolute atomic E-state index is 0.0643. The molecule has 2 unspecified atom stereocenters. The normalized spacial score (nSPS) is 24.3. The molecular weight excluding hydrogens is 450 g/mol. The summed E-state index contributed by atoms with van der Waals surface area (Å²) >= 11 is 0. The maximum absolute atomic E-state index is 12.1. The lowest BCUT2D eigenvalue weighted by molar-refractivity contribution is -0.140.